The Morgan fingerprint density at radius 2 is 1.90 bits per heavy atom. The SMILES string of the molecule is Fc1ccccc1C(CBr)CC1CSc2ccccc21. The average Bonchev–Trinajstić information content (AvgIpc) is 2.89. The molecule has 0 aliphatic carbocycles. The van der Waals surface area contributed by atoms with Crippen LogP contribution in [0.15, 0.2) is 53.4 Å². The first-order valence-electron chi connectivity index (χ1n) is 6.81. The molecule has 0 bridgehead atoms. The Kier molecular flexibility index (Phi) is 4.47. The predicted octanol–water partition coefficient (Wildman–Crippen LogP) is 5.58. The summed E-state index contributed by atoms with van der Waals surface area (Å²) in [5.41, 5.74) is 2.26. The van der Waals surface area contributed by atoms with Crippen LogP contribution >= 0.6 is 27.7 Å². The van der Waals surface area contributed by atoms with Crippen LogP contribution < -0.4 is 0 Å². The minimum Gasteiger partial charge on any atom is -0.207 e. The van der Waals surface area contributed by atoms with Gasteiger partial charge in [0.15, 0.2) is 0 Å². The Balaban J connectivity index is 1.82. The molecule has 3 heteroatoms. The summed E-state index contributed by atoms with van der Waals surface area (Å²) in [5.74, 6) is 1.78. The van der Waals surface area contributed by atoms with Gasteiger partial charge in [-0.1, -0.05) is 52.3 Å². The molecule has 3 rings (SSSR count). The second-order valence-corrected chi connectivity index (χ2v) is 6.86. The largest absolute Gasteiger partial charge is 0.207 e. The van der Waals surface area contributed by atoms with Crippen molar-refractivity contribution in [2.45, 2.75) is 23.2 Å². The zero-order chi connectivity index (χ0) is 13.9. The van der Waals surface area contributed by atoms with Crippen molar-refractivity contribution in [2.75, 3.05) is 11.1 Å². The fraction of sp³-hybridized carbons (Fsp3) is 0.294. The molecule has 0 radical (unpaired) electrons. The van der Waals surface area contributed by atoms with E-state index in [1.807, 2.05) is 23.9 Å². The standard InChI is InChI=1S/C17H16BrFS/c18-10-12(14-5-1-3-7-16(14)19)9-13-11-20-17-8-4-2-6-15(13)17/h1-8,12-13H,9-11H2. The van der Waals surface area contributed by atoms with Crippen LogP contribution in [-0.4, -0.2) is 11.1 Å². The van der Waals surface area contributed by atoms with Crippen LogP contribution in [0.1, 0.15) is 29.4 Å². The van der Waals surface area contributed by atoms with Crippen molar-refractivity contribution in [2.24, 2.45) is 0 Å². The van der Waals surface area contributed by atoms with Gasteiger partial charge in [-0.3, -0.25) is 0 Å². The Labute approximate surface area is 131 Å². The zero-order valence-corrected chi connectivity index (χ0v) is 13.5. The number of hydrogen-bond donors (Lipinski definition) is 0. The van der Waals surface area contributed by atoms with Gasteiger partial charge in [0.2, 0.25) is 0 Å². The van der Waals surface area contributed by atoms with Crippen molar-refractivity contribution >= 4 is 27.7 Å². The Morgan fingerprint density at radius 1 is 1.15 bits per heavy atom. The van der Waals surface area contributed by atoms with Crippen molar-refractivity contribution in [3.63, 3.8) is 0 Å². The van der Waals surface area contributed by atoms with Gasteiger partial charge < -0.3 is 0 Å². The van der Waals surface area contributed by atoms with Gasteiger partial charge in [-0.25, -0.2) is 4.39 Å². The van der Waals surface area contributed by atoms with E-state index < -0.39 is 0 Å². The molecular formula is C17H16BrFS. The molecule has 20 heavy (non-hydrogen) atoms. The Hall–Kier alpha value is -0.800. The van der Waals surface area contributed by atoms with E-state index in [9.17, 15) is 4.39 Å². The molecule has 104 valence electrons. The van der Waals surface area contributed by atoms with Gasteiger partial charge in [0, 0.05) is 16.0 Å². The van der Waals surface area contributed by atoms with Crippen LogP contribution in [0.3, 0.4) is 0 Å². The number of halogens is 2. The van der Waals surface area contributed by atoms with Crippen molar-refractivity contribution in [3.05, 3.63) is 65.5 Å². The van der Waals surface area contributed by atoms with Crippen molar-refractivity contribution in [1.82, 2.24) is 0 Å². The fourth-order valence-corrected chi connectivity index (χ4v) is 4.73. The summed E-state index contributed by atoms with van der Waals surface area (Å²) in [6.45, 7) is 0. The molecule has 0 amide bonds. The van der Waals surface area contributed by atoms with E-state index in [0.29, 0.717) is 5.92 Å². The number of rotatable bonds is 4. The highest BCUT2D eigenvalue weighted by Crippen LogP contribution is 2.44. The molecule has 2 aromatic rings. The molecule has 1 aliphatic rings. The maximum absolute atomic E-state index is 14.0. The maximum Gasteiger partial charge on any atom is 0.126 e. The van der Waals surface area contributed by atoms with Crippen LogP contribution in [0, 0.1) is 5.82 Å². The lowest BCUT2D eigenvalue weighted by molar-refractivity contribution is 0.554. The lowest BCUT2D eigenvalue weighted by Gasteiger charge is -2.20. The summed E-state index contributed by atoms with van der Waals surface area (Å²) in [4.78, 5) is 1.39. The molecular weight excluding hydrogens is 335 g/mol. The van der Waals surface area contributed by atoms with Crippen molar-refractivity contribution in [1.29, 1.82) is 0 Å². The minimum absolute atomic E-state index is 0.0871. The van der Waals surface area contributed by atoms with Crippen LogP contribution in [-0.2, 0) is 0 Å². The van der Waals surface area contributed by atoms with Crippen LogP contribution in [0.25, 0.3) is 0 Å². The highest BCUT2D eigenvalue weighted by atomic mass is 79.9. The van der Waals surface area contributed by atoms with Gasteiger partial charge in [0.25, 0.3) is 0 Å². The molecule has 1 aliphatic heterocycles. The third kappa shape index (κ3) is 2.79. The van der Waals surface area contributed by atoms with E-state index in [0.717, 1.165) is 23.1 Å². The second-order valence-electron chi connectivity index (χ2n) is 5.15. The van der Waals surface area contributed by atoms with Gasteiger partial charge in [0.1, 0.15) is 5.82 Å². The molecule has 2 unspecified atom stereocenters. The highest BCUT2D eigenvalue weighted by molar-refractivity contribution is 9.09. The number of alkyl halides is 1. The molecule has 2 atom stereocenters. The molecule has 2 aromatic carbocycles. The van der Waals surface area contributed by atoms with E-state index in [1.165, 1.54) is 10.5 Å². The average molecular weight is 351 g/mol. The summed E-state index contributed by atoms with van der Waals surface area (Å²) in [6.07, 6.45) is 0.996. The summed E-state index contributed by atoms with van der Waals surface area (Å²) < 4.78 is 14.0. The van der Waals surface area contributed by atoms with Crippen molar-refractivity contribution in [3.8, 4) is 0 Å². The van der Waals surface area contributed by atoms with Gasteiger partial charge in [-0.05, 0) is 41.5 Å². The monoisotopic (exact) mass is 350 g/mol. The first-order chi connectivity index (χ1) is 9.79. The number of hydrogen-bond acceptors (Lipinski definition) is 1. The third-order valence-corrected chi connectivity index (χ3v) is 5.93. The van der Waals surface area contributed by atoms with E-state index in [1.54, 1.807) is 12.1 Å². The van der Waals surface area contributed by atoms with Gasteiger partial charge >= 0.3 is 0 Å². The predicted molar refractivity (Wildman–Crippen MR) is 87.5 cm³/mol. The molecule has 0 fully saturated rings. The molecule has 1 heterocycles. The smallest absolute Gasteiger partial charge is 0.126 e. The van der Waals surface area contributed by atoms with Crippen LogP contribution in [0.4, 0.5) is 4.39 Å². The van der Waals surface area contributed by atoms with E-state index in [4.69, 9.17) is 0 Å². The lowest BCUT2D eigenvalue weighted by atomic mass is 9.87. The highest BCUT2D eigenvalue weighted by Gasteiger charge is 2.26. The summed E-state index contributed by atoms with van der Waals surface area (Å²) in [7, 11) is 0. The maximum atomic E-state index is 14.0. The topological polar surface area (TPSA) is 0 Å². The summed E-state index contributed by atoms with van der Waals surface area (Å²) >= 11 is 5.48. The van der Waals surface area contributed by atoms with Gasteiger partial charge in [-0.2, -0.15) is 0 Å². The first-order valence-corrected chi connectivity index (χ1v) is 8.92. The van der Waals surface area contributed by atoms with Gasteiger partial charge in [0.05, 0.1) is 0 Å². The molecule has 0 aromatic heterocycles. The second kappa shape index (κ2) is 6.31. The minimum atomic E-state index is -0.0871. The molecule has 0 nitrogen and oxygen atoms in total. The Morgan fingerprint density at radius 3 is 2.70 bits per heavy atom. The first kappa shape index (κ1) is 14.2. The molecule has 0 saturated heterocycles. The quantitative estimate of drug-likeness (QED) is 0.648. The number of benzene rings is 2. The molecule has 0 N–H and O–H groups in total. The van der Waals surface area contributed by atoms with E-state index in [-0.39, 0.29) is 11.7 Å². The van der Waals surface area contributed by atoms with Gasteiger partial charge in [-0.15, -0.1) is 11.8 Å². The van der Waals surface area contributed by atoms with Crippen LogP contribution in [0.5, 0.6) is 0 Å². The molecule has 0 spiro atoms. The number of thioether (sulfide) groups is 1. The van der Waals surface area contributed by atoms with Crippen molar-refractivity contribution < 1.29 is 4.39 Å². The summed E-state index contributed by atoms with van der Waals surface area (Å²) in [6, 6.07) is 15.7. The molecule has 0 saturated carbocycles. The Bertz CT molecular complexity index is 599. The fourth-order valence-electron chi connectivity index (χ4n) is 2.85. The lowest BCUT2D eigenvalue weighted by Crippen LogP contribution is -2.09. The van der Waals surface area contributed by atoms with E-state index in [2.05, 4.69) is 40.2 Å². The van der Waals surface area contributed by atoms with E-state index >= 15 is 0 Å². The summed E-state index contributed by atoms with van der Waals surface area (Å²) in [5, 5.41) is 0.803. The zero-order valence-electron chi connectivity index (χ0n) is 11.1. The van der Waals surface area contributed by atoms with Crippen LogP contribution in [0.2, 0.25) is 0 Å². The normalized spacial score (nSPS) is 18.8. The number of fused-ring (bicyclic) bond motifs is 1. The third-order valence-electron chi connectivity index (χ3n) is 3.90.